The van der Waals surface area contributed by atoms with Crippen LogP contribution in [0.3, 0.4) is 0 Å². The quantitative estimate of drug-likeness (QED) is 0.806. The molecule has 0 unspecified atom stereocenters. The Balaban J connectivity index is 2.46. The molecule has 1 aromatic carbocycles. The zero-order valence-electron chi connectivity index (χ0n) is 8.47. The molecule has 0 atom stereocenters. The van der Waals surface area contributed by atoms with Crippen molar-refractivity contribution in [1.29, 1.82) is 0 Å². The van der Waals surface area contributed by atoms with Crippen LogP contribution in [0.25, 0.3) is 0 Å². The number of ether oxygens (including phenoxy) is 1. The molecule has 0 saturated carbocycles. The molecule has 1 rings (SSSR count). The van der Waals surface area contributed by atoms with Gasteiger partial charge in [-0.1, -0.05) is 35.4 Å². The number of halogens is 2. The number of hydrogen-bond donors (Lipinski definition) is 1. The lowest BCUT2D eigenvalue weighted by Gasteiger charge is -2.05. The molecule has 2 nitrogen and oxygen atoms in total. The molecule has 82 valence electrons. The third-order valence-electron chi connectivity index (χ3n) is 1.72. The highest BCUT2D eigenvalue weighted by molar-refractivity contribution is 6.34. The third kappa shape index (κ3) is 4.56. The van der Waals surface area contributed by atoms with Gasteiger partial charge in [-0.05, 0) is 19.2 Å². The molecule has 0 aliphatic carbocycles. The maximum Gasteiger partial charge on any atom is 0.139 e. The van der Waals surface area contributed by atoms with E-state index in [9.17, 15) is 0 Å². The van der Waals surface area contributed by atoms with E-state index in [0.717, 1.165) is 6.54 Å². The Morgan fingerprint density at radius 1 is 1.33 bits per heavy atom. The normalized spacial score (nSPS) is 10.9. The summed E-state index contributed by atoms with van der Waals surface area (Å²) in [5, 5.41) is 4.19. The van der Waals surface area contributed by atoms with Gasteiger partial charge >= 0.3 is 0 Å². The first-order chi connectivity index (χ1) is 7.24. The molecule has 0 heterocycles. The van der Waals surface area contributed by atoms with Gasteiger partial charge < -0.3 is 10.1 Å². The van der Waals surface area contributed by atoms with E-state index in [1.165, 1.54) is 0 Å². The molecule has 0 radical (unpaired) electrons. The van der Waals surface area contributed by atoms with Crippen molar-refractivity contribution < 1.29 is 4.74 Å². The van der Waals surface area contributed by atoms with Crippen molar-refractivity contribution >= 4 is 23.2 Å². The molecule has 0 aliphatic heterocycles. The van der Waals surface area contributed by atoms with E-state index in [2.05, 4.69) is 5.32 Å². The van der Waals surface area contributed by atoms with E-state index in [1.807, 2.05) is 19.2 Å². The second kappa shape index (κ2) is 6.72. The number of hydrogen-bond acceptors (Lipinski definition) is 2. The summed E-state index contributed by atoms with van der Waals surface area (Å²) < 4.78 is 5.43. The Morgan fingerprint density at radius 3 is 2.87 bits per heavy atom. The molecule has 15 heavy (non-hydrogen) atoms. The van der Waals surface area contributed by atoms with Crippen molar-refractivity contribution in [3.8, 4) is 5.75 Å². The maximum atomic E-state index is 5.92. The molecule has 0 saturated heterocycles. The summed E-state index contributed by atoms with van der Waals surface area (Å²) in [7, 11) is 1.89. The Bertz CT molecular complexity index is 339. The minimum atomic E-state index is 0.488. The molecular weight excluding hydrogens is 233 g/mol. The zero-order chi connectivity index (χ0) is 11.1. The van der Waals surface area contributed by atoms with Gasteiger partial charge in [-0.3, -0.25) is 0 Å². The van der Waals surface area contributed by atoms with Gasteiger partial charge in [-0.25, -0.2) is 0 Å². The van der Waals surface area contributed by atoms with Crippen LogP contribution in [0.5, 0.6) is 5.75 Å². The van der Waals surface area contributed by atoms with Gasteiger partial charge in [0.2, 0.25) is 0 Å². The number of likely N-dealkylation sites (N-methyl/N-ethyl adjacent to an activating group) is 1. The number of rotatable bonds is 5. The van der Waals surface area contributed by atoms with Gasteiger partial charge in [0.15, 0.2) is 0 Å². The van der Waals surface area contributed by atoms with Crippen LogP contribution in [0.15, 0.2) is 30.4 Å². The molecule has 0 bridgehead atoms. The van der Waals surface area contributed by atoms with E-state index < -0.39 is 0 Å². The zero-order valence-corrected chi connectivity index (χ0v) is 9.98. The van der Waals surface area contributed by atoms with Crippen LogP contribution < -0.4 is 10.1 Å². The smallest absolute Gasteiger partial charge is 0.139 e. The molecular formula is C11H13Cl2NO. The highest BCUT2D eigenvalue weighted by atomic mass is 35.5. The summed E-state index contributed by atoms with van der Waals surface area (Å²) in [4.78, 5) is 0. The summed E-state index contributed by atoms with van der Waals surface area (Å²) in [6, 6.07) is 5.15. The van der Waals surface area contributed by atoms with Crippen LogP contribution in [0.4, 0.5) is 0 Å². The van der Waals surface area contributed by atoms with Gasteiger partial charge in [-0.2, -0.15) is 0 Å². The SMILES string of the molecule is CNCC=CCOc1cc(Cl)ccc1Cl. The molecule has 1 aromatic rings. The van der Waals surface area contributed by atoms with Gasteiger partial charge in [0.1, 0.15) is 12.4 Å². The highest BCUT2D eigenvalue weighted by Crippen LogP contribution is 2.27. The molecule has 0 spiro atoms. The Labute approximate surface area is 99.8 Å². The topological polar surface area (TPSA) is 21.3 Å². The third-order valence-corrected chi connectivity index (χ3v) is 2.26. The Hall–Kier alpha value is -0.700. The van der Waals surface area contributed by atoms with Crippen LogP contribution in [0.2, 0.25) is 10.0 Å². The number of benzene rings is 1. The van der Waals surface area contributed by atoms with E-state index in [1.54, 1.807) is 18.2 Å². The Morgan fingerprint density at radius 2 is 2.13 bits per heavy atom. The summed E-state index contributed by atoms with van der Waals surface area (Å²) in [6.45, 7) is 1.31. The van der Waals surface area contributed by atoms with Crippen LogP contribution in [0, 0.1) is 0 Å². The minimum absolute atomic E-state index is 0.488. The first kappa shape index (κ1) is 12.4. The van der Waals surface area contributed by atoms with E-state index in [-0.39, 0.29) is 0 Å². The van der Waals surface area contributed by atoms with Gasteiger partial charge in [0.25, 0.3) is 0 Å². The van der Waals surface area contributed by atoms with Crippen molar-refractivity contribution in [1.82, 2.24) is 5.32 Å². The minimum Gasteiger partial charge on any atom is -0.488 e. The van der Waals surface area contributed by atoms with Crippen LogP contribution in [0.1, 0.15) is 0 Å². The van der Waals surface area contributed by atoms with Crippen LogP contribution in [-0.4, -0.2) is 20.2 Å². The summed E-state index contributed by atoms with van der Waals surface area (Å²) in [6.07, 6.45) is 3.91. The molecule has 0 aromatic heterocycles. The van der Waals surface area contributed by atoms with E-state index in [0.29, 0.717) is 22.4 Å². The van der Waals surface area contributed by atoms with Crippen molar-refractivity contribution in [2.24, 2.45) is 0 Å². The summed E-state index contributed by atoms with van der Waals surface area (Å²) in [5.74, 6) is 0.610. The molecule has 1 N–H and O–H groups in total. The maximum absolute atomic E-state index is 5.92. The second-order valence-electron chi connectivity index (χ2n) is 2.91. The van der Waals surface area contributed by atoms with E-state index in [4.69, 9.17) is 27.9 Å². The largest absolute Gasteiger partial charge is 0.488 e. The predicted molar refractivity (Wildman–Crippen MR) is 65.0 cm³/mol. The van der Waals surface area contributed by atoms with Crippen molar-refractivity contribution in [3.05, 3.63) is 40.4 Å². The van der Waals surface area contributed by atoms with Crippen molar-refractivity contribution in [3.63, 3.8) is 0 Å². The van der Waals surface area contributed by atoms with Crippen LogP contribution in [-0.2, 0) is 0 Å². The average molecular weight is 246 g/mol. The molecule has 4 heteroatoms. The summed E-state index contributed by atoms with van der Waals surface area (Å²) in [5.41, 5.74) is 0. The number of nitrogens with one attached hydrogen (secondary N) is 1. The first-order valence-corrected chi connectivity index (χ1v) is 5.37. The molecule has 0 aliphatic rings. The van der Waals surface area contributed by atoms with Gasteiger partial charge in [0.05, 0.1) is 5.02 Å². The van der Waals surface area contributed by atoms with Gasteiger partial charge in [0, 0.05) is 17.6 Å². The summed E-state index contributed by atoms with van der Waals surface area (Å²) >= 11 is 11.7. The standard InChI is InChI=1S/C11H13Cl2NO/c1-14-6-2-3-7-15-11-8-9(12)4-5-10(11)13/h2-5,8,14H,6-7H2,1H3. The highest BCUT2D eigenvalue weighted by Gasteiger charge is 2.00. The fraction of sp³-hybridized carbons (Fsp3) is 0.273. The van der Waals surface area contributed by atoms with Crippen LogP contribution >= 0.6 is 23.2 Å². The van der Waals surface area contributed by atoms with Crippen molar-refractivity contribution in [2.75, 3.05) is 20.2 Å². The van der Waals surface area contributed by atoms with Crippen molar-refractivity contribution in [2.45, 2.75) is 0 Å². The van der Waals surface area contributed by atoms with Gasteiger partial charge in [-0.15, -0.1) is 0 Å². The lowest BCUT2D eigenvalue weighted by Crippen LogP contribution is -2.04. The fourth-order valence-electron chi connectivity index (χ4n) is 0.995. The average Bonchev–Trinajstić information content (AvgIpc) is 2.23. The second-order valence-corrected chi connectivity index (χ2v) is 3.76. The Kier molecular flexibility index (Phi) is 5.54. The fourth-order valence-corrected chi connectivity index (χ4v) is 1.33. The monoisotopic (exact) mass is 245 g/mol. The molecule has 0 amide bonds. The predicted octanol–water partition coefficient (Wildman–Crippen LogP) is 3.15. The molecule has 0 fully saturated rings. The lowest BCUT2D eigenvalue weighted by molar-refractivity contribution is 0.363. The first-order valence-electron chi connectivity index (χ1n) is 4.61. The van der Waals surface area contributed by atoms with E-state index >= 15 is 0 Å². The lowest BCUT2D eigenvalue weighted by atomic mass is 10.3.